The van der Waals surface area contributed by atoms with E-state index in [0.29, 0.717) is 12.3 Å². The van der Waals surface area contributed by atoms with Crippen LogP contribution in [0.4, 0.5) is 0 Å². The Hall–Kier alpha value is -1.49. The van der Waals surface area contributed by atoms with E-state index in [-0.39, 0.29) is 5.97 Å². The molecule has 1 aromatic rings. The Kier molecular flexibility index (Phi) is 6.17. The molecule has 96 valence electrons. The maximum absolute atomic E-state index is 11.6. The molecular weight excluding hydrogens is 220 g/mol. The lowest BCUT2D eigenvalue weighted by Gasteiger charge is -2.11. The number of esters is 1. The molecule has 1 N–H and O–H groups in total. The molecule has 0 radical (unpaired) electrons. The van der Waals surface area contributed by atoms with E-state index in [1.807, 2.05) is 12.3 Å². The minimum Gasteiger partial charge on any atom is -0.461 e. The highest BCUT2D eigenvalue weighted by Gasteiger charge is 2.10. The highest BCUT2D eigenvalue weighted by molar-refractivity contribution is 5.87. The van der Waals surface area contributed by atoms with Crippen LogP contribution in [0.5, 0.6) is 0 Å². The molecule has 0 aliphatic rings. The van der Waals surface area contributed by atoms with Crippen molar-refractivity contribution in [2.45, 2.75) is 19.8 Å². The smallest absolute Gasteiger partial charge is 0.356 e. The van der Waals surface area contributed by atoms with Crippen molar-refractivity contribution in [3.63, 3.8) is 0 Å². The Bertz CT molecular complexity index is 336. The fourth-order valence-electron chi connectivity index (χ4n) is 1.46. The summed E-state index contributed by atoms with van der Waals surface area (Å²) in [6, 6.07) is 3.55. The van der Waals surface area contributed by atoms with Crippen LogP contribution in [0.3, 0.4) is 0 Å². The van der Waals surface area contributed by atoms with Crippen LogP contribution < -0.4 is 5.43 Å². The van der Waals surface area contributed by atoms with Crippen molar-refractivity contribution < 1.29 is 14.3 Å². The number of nitrogens with zero attached hydrogens (tertiary/aromatic N) is 1. The topological polar surface area (TPSA) is 52.5 Å². The van der Waals surface area contributed by atoms with Gasteiger partial charge in [-0.05, 0) is 31.9 Å². The molecule has 0 aromatic carbocycles. The number of hydrogen-bond donors (Lipinski definition) is 1. The summed E-state index contributed by atoms with van der Waals surface area (Å²) in [4.78, 5) is 11.6. The van der Waals surface area contributed by atoms with Crippen molar-refractivity contribution in [1.82, 2.24) is 4.68 Å². The lowest BCUT2D eigenvalue weighted by Crippen LogP contribution is -2.21. The van der Waals surface area contributed by atoms with Crippen LogP contribution in [0, 0.1) is 0 Å². The molecular formula is C12H20N2O3. The average Bonchev–Trinajstić information content (AvgIpc) is 2.77. The molecule has 1 aromatic heterocycles. The van der Waals surface area contributed by atoms with Gasteiger partial charge in [0.25, 0.3) is 0 Å². The van der Waals surface area contributed by atoms with Gasteiger partial charge in [-0.3, -0.25) is 4.68 Å². The van der Waals surface area contributed by atoms with E-state index in [4.69, 9.17) is 9.47 Å². The van der Waals surface area contributed by atoms with Gasteiger partial charge in [-0.15, -0.1) is 0 Å². The first-order chi connectivity index (χ1) is 8.29. The van der Waals surface area contributed by atoms with Crippen molar-refractivity contribution >= 4 is 5.97 Å². The maximum Gasteiger partial charge on any atom is 0.356 e. The predicted molar refractivity (Wildman–Crippen MR) is 65.7 cm³/mol. The summed E-state index contributed by atoms with van der Waals surface area (Å²) in [6.07, 6.45) is 3.80. The van der Waals surface area contributed by atoms with E-state index in [2.05, 4.69) is 5.43 Å². The van der Waals surface area contributed by atoms with Crippen molar-refractivity contribution in [3.8, 4) is 0 Å². The zero-order chi connectivity index (χ0) is 12.5. The summed E-state index contributed by atoms with van der Waals surface area (Å²) in [7, 11) is 1.69. The van der Waals surface area contributed by atoms with E-state index < -0.39 is 0 Å². The van der Waals surface area contributed by atoms with E-state index in [9.17, 15) is 4.79 Å². The molecule has 0 aliphatic carbocycles. The molecule has 1 heterocycles. The zero-order valence-electron chi connectivity index (χ0n) is 10.4. The molecule has 17 heavy (non-hydrogen) atoms. The van der Waals surface area contributed by atoms with Gasteiger partial charge in [-0.25, -0.2) is 4.79 Å². The second-order valence-electron chi connectivity index (χ2n) is 3.59. The van der Waals surface area contributed by atoms with Crippen LogP contribution in [0.1, 0.15) is 30.3 Å². The molecule has 0 fully saturated rings. The predicted octanol–water partition coefficient (Wildman–Crippen LogP) is 1.63. The van der Waals surface area contributed by atoms with E-state index >= 15 is 0 Å². The molecule has 1 rings (SSSR count). The van der Waals surface area contributed by atoms with Crippen molar-refractivity contribution in [3.05, 3.63) is 24.0 Å². The summed E-state index contributed by atoms with van der Waals surface area (Å²) in [5, 5.41) is 0. The van der Waals surface area contributed by atoms with Gasteiger partial charge in [0.1, 0.15) is 5.69 Å². The standard InChI is InChI=1S/C12H20N2O3/c1-3-17-12(15)11-7-6-9-14(11)13-8-4-5-10-16-2/h6-7,9,13H,3-5,8,10H2,1-2H3. The zero-order valence-corrected chi connectivity index (χ0v) is 10.4. The fraction of sp³-hybridized carbons (Fsp3) is 0.583. The third-order valence-electron chi connectivity index (χ3n) is 2.29. The molecule has 0 saturated heterocycles. The molecule has 5 nitrogen and oxygen atoms in total. The quantitative estimate of drug-likeness (QED) is 0.554. The van der Waals surface area contributed by atoms with Gasteiger partial charge in [-0.2, -0.15) is 0 Å². The second-order valence-corrected chi connectivity index (χ2v) is 3.59. The van der Waals surface area contributed by atoms with Crippen LogP contribution in [-0.4, -0.2) is 37.5 Å². The fourth-order valence-corrected chi connectivity index (χ4v) is 1.46. The lowest BCUT2D eigenvalue weighted by molar-refractivity contribution is 0.0515. The van der Waals surface area contributed by atoms with Crippen LogP contribution in [0.2, 0.25) is 0 Å². The first-order valence-corrected chi connectivity index (χ1v) is 5.87. The minimum absolute atomic E-state index is 0.304. The number of hydrogen-bond acceptors (Lipinski definition) is 4. The highest BCUT2D eigenvalue weighted by Crippen LogP contribution is 2.02. The van der Waals surface area contributed by atoms with Crippen molar-refractivity contribution in [1.29, 1.82) is 0 Å². The number of carbonyl (C=O) groups excluding carboxylic acids is 1. The number of carbonyl (C=O) groups is 1. The van der Waals surface area contributed by atoms with Crippen LogP contribution in [0.15, 0.2) is 18.3 Å². The van der Waals surface area contributed by atoms with Gasteiger partial charge in [0, 0.05) is 26.5 Å². The third-order valence-corrected chi connectivity index (χ3v) is 2.29. The van der Waals surface area contributed by atoms with Crippen molar-refractivity contribution in [2.75, 3.05) is 32.3 Å². The summed E-state index contributed by atoms with van der Waals surface area (Å²) in [5.74, 6) is -0.304. The summed E-state index contributed by atoms with van der Waals surface area (Å²) >= 11 is 0. The Morgan fingerprint density at radius 1 is 1.47 bits per heavy atom. The Morgan fingerprint density at radius 2 is 2.29 bits per heavy atom. The third kappa shape index (κ3) is 4.48. The number of ether oxygens (including phenoxy) is 2. The molecule has 0 bridgehead atoms. The maximum atomic E-state index is 11.6. The van der Waals surface area contributed by atoms with E-state index in [0.717, 1.165) is 26.0 Å². The highest BCUT2D eigenvalue weighted by atomic mass is 16.5. The molecule has 5 heteroatoms. The first kappa shape index (κ1) is 13.6. The molecule has 0 amide bonds. The molecule has 0 saturated carbocycles. The lowest BCUT2D eigenvalue weighted by atomic mass is 10.3. The van der Waals surface area contributed by atoms with Gasteiger partial charge in [0.05, 0.1) is 6.61 Å². The van der Waals surface area contributed by atoms with Gasteiger partial charge in [-0.1, -0.05) is 0 Å². The average molecular weight is 240 g/mol. The SMILES string of the molecule is CCOC(=O)c1cccn1NCCCCOC. The molecule has 0 spiro atoms. The summed E-state index contributed by atoms with van der Waals surface area (Å²) < 4.78 is 11.6. The number of unbranched alkanes of at least 4 members (excludes halogenated alkanes) is 1. The summed E-state index contributed by atoms with van der Waals surface area (Å²) in [6.45, 7) is 3.74. The van der Waals surface area contributed by atoms with Gasteiger partial charge >= 0.3 is 5.97 Å². The molecule has 0 atom stereocenters. The monoisotopic (exact) mass is 240 g/mol. The first-order valence-electron chi connectivity index (χ1n) is 5.87. The normalized spacial score (nSPS) is 10.2. The minimum atomic E-state index is -0.304. The second kappa shape index (κ2) is 7.73. The Labute approximate surface area is 102 Å². The number of rotatable bonds is 8. The van der Waals surface area contributed by atoms with E-state index in [1.165, 1.54) is 0 Å². The van der Waals surface area contributed by atoms with Crippen LogP contribution in [-0.2, 0) is 9.47 Å². The van der Waals surface area contributed by atoms with Gasteiger partial charge in [0.15, 0.2) is 0 Å². The summed E-state index contributed by atoms with van der Waals surface area (Å²) in [5.41, 5.74) is 3.68. The van der Waals surface area contributed by atoms with Gasteiger partial charge in [0.2, 0.25) is 0 Å². The Balaban J connectivity index is 2.38. The van der Waals surface area contributed by atoms with Crippen molar-refractivity contribution in [2.24, 2.45) is 0 Å². The van der Waals surface area contributed by atoms with E-state index in [1.54, 1.807) is 24.8 Å². The Morgan fingerprint density at radius 3 is 3.00 bits per heavy atom. The van der Waals surface area contributed by atoms with Crippen LogP contribution in [0.25, 0.3) is 0 Å². The number of methoxy groups -OCH3 is 1. The number of aromatic nitrogens is 1. The molecule has 0 aliphatic heterocycles. The number of nitrogens with one attached hydrogen (secondary N) is 1. The van der Waals surface area contributed by atoms with Gasteiger partial charge < -0.3 is 14.9 Å². The van der Waals surface area contributed by atoms with Crippen LogP contribution >= 0.6 is 0 Å². The molecule has 0 unspecified atom stereocenters. The largest absolute Gasteiger partial charge is 0.461 e.